The van der Waals surface area contributed by atoms with E-state index in [2.05, 4.69) is 34.5 Å². The first-order valence-corrected chi connectivity index (χ1v) is 12.7. The Labute approximate surface area is 202 Å². The summed E-state index contributed by atoms with van der Waals surface area (Å²) < 4.78 is 8.12. The second-order valence-corrected chi connectivity index (χ2v) is 10.2. The lowest BCUT2D eigenvalue weighted by Gasteiger charge is -2.24. The highest BCUT2D eigenvalue weighted by atomic mass is 32.2. The van der Waals surface area contributed by atoms with Gasteiger partial charge in [-0.05, 0) is 61.7 Å². The van der Waals surface area contributed by atoms with Crippen molar-refractivity contribution in [3.8, 4) is 0 Å². The monoisotopic (exact) mass is 473 g/mol. The molecule has 2 aliphatic rings. The van der Waals surface area contributed by atoms with Gasteiger partial charge in [0.1, 0.15) is 5.76 Å². The predicted molar refractivity (Wildman–Crippen MR) is 132 cm³/mol. The number of anilines is 1. The third kappa shape index (κ3) is 4.18. The number of ketones is 1. The van der Waals surface area contributed by atoms with Gasteiger partial charge < -0.3 is 14.7 Å². The van der Waals surface area contributed by atoms with Crippen molar-refractivity contribution in [1.29, 1.82) is 0 Å². The number of furan rings is 1. The number of rotatable bonds is 7. The van der Waals surface area contributed by atoms with Crippen LogP contribution in [-0.2, 0) is 17.8 Å². The fraction of sp³-hybridized carbons (Fsp3) is 0.346. The van der Waals surface area contributed by atoms with E-state index in [1.807, 2.05) is 35.0 Å². The van der Waals surface area contributed by atoms with E-state index < -0.39 is 0 Å². The molecule has 3 aromatic heterocycles. The number of hydrogen-bond acceptors (Lipinski definition) is 6. The van der Waals surface area contributed by atoms with Crippen LogP contribution in [0.25, 0.3) is 11.0 Å². The maximum Gasteiger partial charge on any atom is 0.174 e. The van der Waals surface area contributed by atoms with Gasteiger partial charge in [0.15, 0.2) is 21.8 Å². The number of nitrogens with one attached hydrogen (secondary N) is 2. The summed E-state index contributed by atoms with van der Waals surface area (Å²) in [6.07, 6.45) is 7.37. The van der Waals surface area contributed by atoms with E-state index in [4.69, 9.17) is 9.52 Å². The number of para-hydroxylation sites is 2. The molecule has 4 aromatic rings. The highest BCUT2D eigenvalue weighted by Gasteiger charge is 2.27. The van der Waals surface area contributed by atoms with Crippen LogP contribution in [0.15, 0.2) is 68.5 Å². The van der Waals surface area contributed by atoms with Crippen LogP contribution in [0.1, 0.15) is 56.3 Å². The first-order valence-electron chi connectivity index (χ1n) is 11.9. The summed E-state index contributed by atoms with van der Waals surface area (Å²) in [5, 5.41) is 9.82. The van der Waals surface area contributed by atoms with Crippen molar-refractivity contribution in [2.24, 2.45) is 0 Å². The van der Waals surface area contributed by atoms with E-state index in [1.54, 1.807) is 0 Å². The van der Waals surface area contributed by atoms with Crippen molar-refractivity contribution in [3.05, 3.63) is 65.2 Å². The molecule has 0 fully saturated rings. The smallest absolute Gasteiger partial charge is 0.174 e. The quantitative estimate of drug-likeness (QED) is 0.339. The molecule has 4 heterocycles. The lowest BCUT2D eigenvalue weighted by molar-refractivity contribution is -0.116. The number of aromatic amines is 1. The molecule has 0 bridgehead atoms. The lowest BCUT2D eigenvalue weighted by Crippen LogP contribution is -2.22. The Bertz CT molecular complexity index is 1360. The van der Waals surface area contributed by atoms with Gasteiger partial charge in [-0.3, -0.25) is 9.48 Å². The van der Waals surface area contributed by atoms with Gasteiger partial charge in [-0.2, -0.15) is 5.10 Å². The number of hydrogen-bond donors (Lipinski definition) is 2. The minimum absolute atomic E-state index is 0.289. The largest absolute Gasteiger partial charge is 0.454 e. The average molecular weight is 474 g/mol. The number of fused-ring (bicyclic) bond motifs is 2. The lowest BCUT2D eigenvalue weighted by atomic mass is 9.89. The minimum Gasteiger partial charge on any atom is -0.454 e. The van der Waals surface area contributed by atoms with Crippen molar-refractivity contribution in [2.45, 2.75) is 68.2 Å². The molecule has 1 aliphatic carbocycles. The number of nitrogens with zero attached hydrogens (tertiary/aromatic N) is 3. The zero-order valence-electron chi connectivity index (χ0n) is 19.1. The van der Waals surface area contributed by atoms with Crippen LogP contribution >= 0.6 is 11.8 Å². The maximum absolute atomic E-state index is 12.2. The van der Waals surface area contributed by atoms with E-state index in [9.17, 15) is 4.79 Å². The normalized spacial score (nSPS) is 16.4. The van der Waals surface area contributed by atoms with E-state index in [-0.39, 0.29) is 5.78 Å². The van der Waals surface area contributed by atoms with Crippen LogP contribution in [0.3, 0.4) is 0 Å². The zero-order chi connectivity index (χ0) is 23.1. The van der Waals surface area contributed by atoms with Crippen molar-refractivity contribution in [3.63, 3.8) is 0 Å². The predicted octanol–water partition coefficient (Wildman–Crippen LogP) is 6.06. The van der Waals surface area contributed by atoms with Crippen molar-refractivity contribution in [2.75, 3.05) is 5.32 Å². The Morgan fingerprint density at radius 1 is 1.21 bits per heavy atom. The Hall–Kier alpha value is -3.26. The zero-order valence-corrected chi connectivity index (χ0v) is 20.0. The molecule has 34 heavy (non-hydrogen) atoms. The number of allylic oxidation sites excluding steroid dienone is 2. The number of H-pyrrole nitrogens is 1. The first-order chi connectivity index (χ1) is 16.6. The molecule has 174 valence electrons. The summed E-state index contributed by atoms with van der Waals surface area (Å²) in [7, 11) is 0. The standard InChI is InChI=1S/C26H27N5O2S/c1-16(23-11-12-24(33-23)34-26-28-20-7-2-3-8-21(20)29-26)6-5-13-31-15-17-14-18-19(27-25(17)30-31)9-4-10-22(18)32/h2-3,7-8,11-12,15-16H,4-6,9-10,13-14H2,1H3,(H,27,30)(H,28,29). The summed E-state index contributed by atoms with van der Waals surface area (Å²) in [5.74, 6) is 2.52. The van der Waals surface area contributed by atoms with Gasteiger partial charge in [-0.1, -0.05) is 19.1 Å². The number of aryl methyl sites for hydroxylation is 1. The molecule has 1 atom stereocenters. The van der Waals surface area contributed by atoms with Gasteiger partial charge in [0.2, 0.25) is 0 Å². The molecule has 1 unspecified atom stereocenters. The van der Waals surface area contributed by atoms with Crippen LogP contribution in [-0.4, -0.2) is 25.5 Å². The fourth-order valence-corrected chi connectivity index (χ4v) is 5.58. The summed E-state index contributed by atoms with van der Waals surface area (Å²) in [5.41, 5.74) is 5.16. The van der Waals surface area contributed by atoms with Crippen LogP contribution < -0.4 is 5.32 Å². The molecule has 2 N–H and O–H groups in total. The minimum atomic E-state index is 0.289. The van der Waals surface area contributed by atoms with Crippen LogP contribution in [0.2, 0.25) is 0 Å². The van der Waals surface area contributed by atoms with Crippen molar-refractivity contribution >= 4 is 34.4 Å². The number of carbonyl (C=O) groups excluding carboxylic acids is 1. The second-order valence-electron chi connectivity index (χ2n) is 9.16. The van der Waals surface area contributed by atoms with E-state index in [1.165, 1.54) is 11.8 Å². The number of aromatic nitrogens is 4. The third-order valence-corrected chi connectivity index (χ3v) is 7.49. The molecule has 0 spiro atoms. The van der Waals surface area contributed by atoms with Gasteiger partial charge >= 0.3 is 0 Å². The van der Waals surface area contributed by atoms with Gasteiger partial charge in [-0.25, -0.2) is 4.98 Å². The number of imidazole rings is 1. The summed E-state index contributed by atoms with van der Waals surface area (Å²) in [4.78, 5) is 20.2. The fourth-order valence-electron chi connectivity index (χ4n) is 4.81. The first kappa shape index (κ1) is 21.3. The van der Waals surface area contributed by atoms with E-state index >= 15 is 0 Å². The number of Topliss-reactive ketones (excluding diaryl/α,β-unsaturated/α-hetero) is 1. The Kier molecular flexibility index (Phi) is 5.53. The summed E-state index contributed by atoms with van der Waals surface area (Å²) in [6.45, 7) is 3.05. The molecule has 7 nitrogen and oxygen atoms in total. The molecule has 0 radical (unpaired) electrons. The number of benzene rings is 1. The van der Waals surface area contributed by atoms with E-state index in [0.717, 1.165) is 81.9 Å². The van der Waals surface area contributed by atoms with Gasteiger partial charge in [0.25, 0.3) is 0 Å². The maximum atomic E-state index is 12.2. The third-order valence-electron chi connectivity index (χ3n) is 6.68. The molecule has 0 saturated heterocycles. The van der Waals surface area contributed by atoms with Crippen LogP contribution in [0.4, 0.5) is 5.82 Å². The molecular formula is C26H27N5O2S. The average Bonchev–Trinajstić information content (AvgIpc) is 3.55. The topological polar surface area (TPSA) is 88.7 Å². The van der Waals surface area contributed by atoms with Crippen LogP contribution in [0, 0.1) is 0 Å². The Morgan fingerprint density at radius 2 is 2.12 bits per heavy atom. The molecule has 1 aromatic carbocycles. The molecule has 0 saturated carbocycles. The SMILES string of the molecule is CC(CCCn1cc2c(n1)NC1=C(C2)C(=O)CCC1)c1ccc(Sc2nc3ccccc3[nH]2)o1. The van der Waals surface area contributed by atoms with Gasteiger partial charge in [0.05, 0.1) is 11.0 Å². The van der Waals surface area contributed by atoms with Gasteiger partial charge in [-0.15, -0.1) is 0 Å². The molecular weight excluding hydrogens is 446 g/mol. The Morgan fingerprint density at radius 3 is 3.03 bits per heavy atom. The highest BCUT2D eigenvalue weighted by Crippen LogP contribution is 2.34. The molecule has 8 heteroatoms. The van der Waals surface area contributed by atoms with E-state index in [0.29, 0.717) is 18.8 Å². The second kappa shape index (κ2) is 8.83. The van der Waals surface area contributed by atoms with Crippen molar-refractivity contribution < 1.29 is 9.21 Å². The van der Waals surface area contributed by atoms with Crippen LogP contribution in [0.5, 0.6) is 0 Å². The highest BCUT2D eigenvalue weighted by molar-refractivity contribution is 7.99. The molecule has 0 amide bonds. The summed E-state index contributed by atoms with van der Waals surface area (Å²) >= 11 is 1.51. The number of carbonyl (C=O) groups is 1. The molecule has 6 rings (SSSR count). The Balaban J connectivity index is 1.03. The molecule has 1 aliphatic heterocycles. The van der Waals surface area contributed by atoms with Gasteiger partial charge in [0, 0.05) is 48.3 Å². The summed E-state index contributed by atoms with van der Waals surface area (Å²) in [6, 6.07) is 12.1. The van der Waals surface area contributed by atoms with Crippen molar-refractivity contribution in [1.82, 2.24) is 19.7 Å².